The van der Waals surface area contributed by atoms with Crippen LogP contribution in [-0.4, -0.2) is 29.7 Å². The summed E-state index contributed by atoms with van der Waals surface area (Å²) in [5, 5.41) is 0. The van der Waals surface area contributed by atoms with Crippen LogP contribution in [0.15, 0.2) is 84.9 Å². The minimum atomic E-state index is -0.0258. The number of fused-ring (bicyclic) bond motifs is 4. The standard InChI is InChI=1S/C28H25NO4/c30-28-24-15-27-26(32-18-33-27)14-22(24)23-13-21(31-17-20-9-5-2-6-10-20)11-12-25(23)29(28)16-19-7-3-1-4-8-19/h1-12,14-15,21,23,25H,13,16-18H2/t21-,23+,25-/m1/s1. The molecule has 0 bridgehead atoms. The van der Waals surface area contributed by atoms with Crippen molar-refractivity contribution in [1.29, 1.82) is 0 Å². The average Bonchev–Trinajstić information content (AvgIpc) is 3.33. The summed E-state index contributed by atoms with van der Waals surface area (Å²) in [5.74, 6) is 1.51. The summed E-state index contributed by atoms with van der Waals surface area (Å²) in [5.41, 5.74) is 4.00. The first-order valence-electron chi connectivity index (χ1n) is 11.4. The molecule has 2 aliphatic heterocycles. The van der Waals surface area contributed by atoms with Gasteiger partial charge in [-0.05, 0) is 35.2 Å². The Kier molecular flexibility index (Phi) is 5.11. The van der Waals surface area contributed by atoms with Crippen molar-refractivity contribution in [3.8, 4) is 11.5 Å². The van der Waals surface area contributed by atoms with Crippen LogP contribution in [0.25, 0.3) is 0 Å². The minimum absolute atomic E-state index is 0.0171. The molecular formula is C28H25NO4. The molecular weight excluding hydrogens is 414 g/mol. The lowest BCUT2D eigenvalue weighted by atomic mass is 9.76. The van der Waals surface area contributed by atoms with Crippen molar-refractivity contribution in [3.05, 3.63) is 107 Å². The summed E-state index contributed by atoms with van der Waals surface area (Å²) in [6.07, 6.45) is 5.06. The van der Waals surface area contributed by atoms with Gasteiger partial charge in [-0.2, -0.15) is 0 Å². The molecule has 33 heavy (non-hydrogen) atoms. The number of amides is 1. The first kappa shape index (κ1) is 20.1. The molecule has 2 heterocycles. The molecule has 3 aromatic carbocycles. The lowest BCUT2D eigenvalue weighted by Gasteiger charge is -2.44. The second kappa shape index (κ2) is 8.41. The molecule has 5 nitrogen and oxygen atoms in total. The van der Waals surface area contributed by atoms with Crippen molar-refractivity contribution in [1.82, 2.24) is 4.90 Å². The highest BCUT2D eigenvalue weighted by molar-refractivity contribution is 5.98. The number of carbonyl (C=O) groups excluding carboxylic acids is 1. The molecule has 3 aliphatic rings. The summed E-state index contributed by atoms with van der Waals surface area (Å²) < 4.78 is 17.5. The zero-order chi connectivity index (χ0) is 22.2. The maximum Gasteiger partial charge on any atom is 0.255 e. The second-order valence-corrected chi connectivity index (χ2v) is 8.76. The molecule has 0 fully saturated rings. The molecule has 5 heteroatoms. The van der Waals surface area contributed by atoms with Crippen molar-refractivity contribution in [2.24, 2.45) is 0 Å². The number of nitrogens with zero attached hydrogens (tertiary/aromatic N) is 1. The Labute approximate surface area is 193 Å². The summed E-state index contributed by atoms with van der Waals surface area (Å²) in [6, 6.07) is 24.2. The zero-order valence-electron chi connectivity index (χ0n) is 18.2. The Morgan fingerprint density at radius 3 is 2.33 bits per heavy atom. The van der Waals surface area contributed by atoms with Gasteiger partial charge in [0.05, 0.1) is 18.8 Å². The molecule has 1 amide bonds. The topological polar surface area (TPSA) is 48.0 Å². The molecule has 0 spiro atoms. The molecule has 3 atom stereocenters. The van der Waals surface area contributed by atoms with Crippen molar-refractivity contribution < 1.29 is 19.0 Å². The molecule has 0 saturated heterocycles. The highest BCUT2D eigenvalue weighted by Crippen LogP contribution is 2.45. The third-order valence-electron chi connectivity index (χ3n) is 6.72. The van der Waals surface area contributed by atoms with E-state index in [-0.39, 0.29) is 30.8 Å². The number of carbonyl (C=O) groups is 1. The first-order valence-corrected chi connectivity index (χ1v) is 11.4. The maximum absolute atomic E-state index is 13.6. The van der Waals surface area contributed by atoms with E-state index in [0.717, 1.165) is 23.1 Å². The van der Waals surface area contributed by atoms with Gasteiger partial charge in [-0.1, -0.05) is 72.8 Å². The molecule has 0 N–H and O–H groups in total. The van der Waals surface area contributed by atoms with Gasteiger partial charge in [-0.25, -0.2) is 0 Å². The monoisotopic (exact) mass is 439 g/mol. The van der Waals surface area contributed by atoms with Gasteiger partial charge in [0.2, 0.25) is 6.79 Å². The van der Waals surface area contributed by atoms with Crippen LogP contribution in [0.1, 0.15) is 39.4 Å². The van der Waals surface area contributed by atoms with Gasteiger partial charge < -0.3 is 19.1 Å². The van der Waals surface area contributed by atoms with E-state index < -0.39 is 0 Å². The van der Waals surface area contributed by atoms with Crippen LogP contribution >= 0.6 is 0 Å². The third kappa shape index (κ3) is 3.79. The summed E-state index contributed by atoms with van der Waals surface area (Å²) in [7, 11) is 0. The fourth-order valence-electron chi connectivity index (χ4n) is 5.07. The molecule has 0 radical (unpaired) electrons. The van der Waals surface area contributed by atoms with Crippen molar-refractivity contribution in [3.63, 3.8) is 0 Å². The van der Waals surface area contributed by atoms with Crippen molar-refractivity contribution in [2.45, 2.75) is 37.6 Å². The predicted octanol–water partition coefficient (Wildman–Crippen LogP) is 5.07. The van der Waals surface area contributed by atoms with Crippen LogP contribution in [0.4, 0.5) is 0 Å². The van der Waals surface area contributed by atoms with Gasteiger partial charge in [0.15, 0.2) is 11.5 Å². The Morgan fingerprint density at radius 2 is 1.58 bits per heavy atom. The van der Waals surface area contributed by atoms with E-state index in [0.29, 0.717) is 30.2 Å². The van der Waals surface area contributed by atoms with E-state index in [9.17, 15) is 4.79 Å². The van der Waals surface area contributed by atoms with E-state index >= 15 is 0 Å². The summed E-state index contributed by atoms with van der Waals surface area (Å²) >= 11 is 0. The fraction of sp³-hybridized carbons (Fsp3) is 0.250. The van der Waals surface area contributed by atoms with Crippen LogP contribution < -0.4 is 9.47 Å². The molecule has 0 unspecified atom stereocenters. The van der Waals surface area contributed by atoms with E-state index in [4.69, 9.17) is 14.2 Å². The fourth-order valence-corrected chi connectivity index (χ4v) is 5.07. The Bertz CT molecular complexity index is 1190. The maximum atomic E-state index is 13.6. The smallest absolute Gasteiger partial charge is 0.255 e. The van der Waals surface area contributed by atoms with Gasteiger partial charge >= 0.3 is 0 Å². The quantitative estimate of drug-likeness (QED) is 0.521. The van der Waals surface area contributed by atoms with Gasteiger partial charge in [-0.15, -0.1) is 0 Å². The lowest BCUT2D eigenvalue weighted by Crippen LogP contribution is -2.48. The summed E-state index contributed by atoms with van der Waals surface area (Å²) in [6.45, 7) is 1.32. The number of ether oxygens (including phenoxy) is 3. The van der Waals surface area contributed by atoms with Gasteiger partial charge in [0.25, 0.3) is 5.91 Å². The van der Waals surface area contributed by atoms with Crippen LogP contribution in [0.3, 0.4) is 0 Å². The van der Waals surface area contributed by atoms with E-state index in [2.05, 4.69) is 36.4 Å². The van der Waals surface area contributed by atoms with E-state index in [1.165, 1.54) is 0 Å². The molecule has 6 rings (SSSR count). The molecule has 0 saturated carbocycles. The largest absolute Gasteiger partial charge is 0.454 e. The second-order valence-electron chi connectivity index (χ2n) is 8.76. The van der Waals surface area contributed by atoms with Crippen molar-refractivity contribution in [2.75, 3.05) is 6.79 Å². The molecule has 166 valence electrons. The van der Waals surface area contributed by atoms with E-state index in [1.54, 1.807) is 0 Å². The minimum Gasteiger partial charge on any atom is -0.454 e. The Hall–Kier alpha value is -3.57. The first-order chi connectivity index (χ1) is 16.3. The Balaban J connectivity index is 1.33. The predicted molar refractivity (Wildman–Crippen MR) is 124 cm³/mol. The number of benzene rings is 3. The number of hydrogen-bond acceptors (Lipinski definition) is 4. The Morgan fingerprint density at radius 1 is 0.879 bits per heavy atom. The van der Waals surface area contributed by atoms with Gasteiger partial charge in [0.1, 0.15) is 0 Å². The SMILES string of the molecule is O=C1c2cc3c(cc2[C@@H]2C[C@H](OCc4ccccc4)C=C[C@H]2N1Cc1ccccc1)OCO3. The molecule has 0 aromatic heterocycles. The molecule has 3 aromatic rings. The van der Waals surface area contributed by atoms with Crippen LogP contribution in [0.2, 0.25) is 0 Å². The highest BCUT2D eigenvalue weighted by atomic mass is 16.7. The number of rotatable bonds is 5. The molecule has 1 aliphatic carbocycles. The third-order valence-corrected chi connectivity index (χ3v) is 6.72. The normalized spacial score (nSPS) is 22.7. The zero-order valence-corrected chi connectivity index (χ0v) is 18.2. The average molecular weight is 440 g/mol. The van der Waals surface area contributed by atoms with Gasteiger partial charge in [0, 0.05) is 18.0 Å². The number of hydrogen-bond donors (Lipinski definition) is 0. The van der Waals surface area contributed by atoms with Crippen LogP contribution in [0.5, 0.6) is 11.5 Å². The van der Waals surface area contributed by atoms with Crippen LogP contribution in [0, 0.1) is 0 Å². The summed E-state index contributed by atoms with van der Waals surface area (Å²) in [4.78, 5) is 15.6. The van der Waals surface area contributed by atoms with Crippen LogP contribution in [-0.2, 0) is 17.9 Å². The van der Waals surface area contributed by atoms with E-state index in [1.807, 2.05) is 53.4 Å². The highest BCUT2D eigenvalue weighted by Gasteiger charge is 2.42. The lowest BCUT2D eigenvalue weighted by molar-refractivity contribution is 0.0379. The van der Waals surface area contributed by atoms with Gasteiger partial charge in [-0.3, -0.25) is 4.79 Å². The van der Waals surface area contributed by atoms with Crippen molar-refractivity contribution >= 4 is 5.91 Å².